The Balaban J connectivity index is 1.67. The molecule has 2 aromatic rings. The largest absolute Gasteiger partial charge is 0.352 e. The van der Waals surface area contributed by atoms with Crippen LogP contribution in [0.3, 0.4) is 0 Å². The average molecular weight is 342 g/mol. The molecule has 0 aromatic heterocycles. The van der Waals surface area contributed by atoms with Crippen LogP contribution >= 0.6 is 11.8 Å². The number of benzene rings is 2. The normalized spacial score (nSPS) is 10.2. The van der Waals surface area contributed by atoms with E-state index in [9.17, 15) is 9.59 Å². The second-order valence-corrected chi connectivity index (χ2v) is 6.51. The molecule has 0 saturated heterocycles. The van der Waals surface area contributed by atoms with Gasteiger partial charge in [-0.1, -0.05) is 42.5 Å². The molecule has 0 bridgehead atoms. The fourth-order valence-corrected chi connectivity index (χ4v) is 2.92. The number of amides is 2. The lowest BCUT2D eigenvalue weighted by Gasteiger charge is -2.07. The van der Waals surface area contributed by atoms with Crippen LogP contribution in [0.25, 0.3) is 0 Å². The Morgan fingerprint density at radius 2 is 1.62 bits per heavy atom. The van der Waals surface area contributed by atoms with E-state index in [2.05, 4.69) is 22.8 Å². The van der Waals surface area contributed by atoms with Crippen molar-refractivity contribution in [2.24, 2.45) is 0 Å². The number of carbonyl (C=O) groups is 2. The maximum absolute atomic E-state index is 12.1. The zero-order valence-corrected chi connectivity index (χ0v) is 14.6. The van der Waals surface area contributed by atoms with Gasteiger partial charge in [-0.25, -0.2) is 0 Å². The molecule has 2 amide bonds. The smallest absolute Gasteiger partial charge is 0.251 e. The number of carbonyl (C=O) groups excluding carboxylic acids is 2. The van der Waals surface area contributed by atoms with Gasteiger partial charge in [-0.2, -0.15) is 11.8 Å². The summed E-state index contributed by atoms with van der Waals surface area (Å²) < 4.78 is 0. The highest BCUT2D eigenvalue weighted by Crippen LogP contribution is 2.11. The number of nitrogens with one attached hydrogen (secondary N) is 2. The molecule has 24 heavy (non-hydrogen) atoms. The Bertz CT molecular complexity index is 657. The van der Waals surface area contributed by atoms with Gasteiger partial charge in [0.15, 0.2) is 0 Å². The van der Waals surface area contributed by atoms with Crippen LogP contribution in [0.4, 0.5) is 0 Å². The van der Waals surface area contributed by atoms with Gasteiger partial charge in [-0.05, 0) is 23.3 Å². The van der Waals surface area contributed by atoms with Crippen LogP contribution in [0, 0.1) is 0 Å². The summed E-state index contributed by atoms with van der Waals surface area (Å²) in [6.07, 6.45) is 0. The molecule has 0 unspecified atom stereocenters. The maximum atomic E-state index is 12.1. The zero-order chi connectivity index (χ0) is 17.2. The van der Waals surface area contributed by atoms with E-state index in [0.717, 1.165) is 17.1 Å². The summed E-state index contributed by atoms with van der Waals surface area (Å²) >= 11 is 1.80. The van der Waals surface area contributed by atoms with Gasteiger partial charge >= 0.3 is 0 Å². The first-order chi connectivity index (χ1) is 11.6. The fraction of sp³-hybridized carbons (Fsp3) is 0.263. The molecule has 5 heteroatoms. The minimum atomic E-state index is -0.0682. The molecule has 126 valence electrons. The van der Waals surface area contributed by atoms with E-state index in [0.29, 0.717) is 18.7 Å². The van der Waals surface area contributed by atoms with Crippen LogP contribution < -0.4 is 10.6 Å². The van der Waals surface area contributed by atoms with Crippen LogP contribution in [0.2, 0.25) is 0 Å². The van der Waals surface area contributed by atoms with E-state index in [4.69, 9.17) is 0 Å². The van der Waals surface area contributed by atoms with Crippen LogP contribution in [0.5, 0.6) is 0 Å². The molecule has 0 aliphatic rings. The van der Waals surface area contributed by atoms with Gasteiger partial charge in [-0.15, -0.1) is 0 Å². The fourth-order valence-electron chi connectivity index (χ4n) is 2.10. The SMILES string of the molecule is CC(=O)NCc1ccc(C(=O)NCCSCc2ccccc2)cc1. The van der Waals surface area contributed by atoms with Crippen LogP contribution in [-0.2, 0) is 17.1 Å². The molecule has 0 aliphatic heterocycles. The van der Waals surface area contributed by atoms with Gasteiger partial charge < -0.3 is 10.6 Å². The lowest BCUT2D eigenvalue weighted by Crippen LogP contribution is -2.25. The van der Waals surface area contributed by atoms with Gasteiger partial charge in [0, 0.05) is 37.1 Å². The summed E-state index contributed by atoms with van der Waals surface area (Å²) in [5.41, 5.74) is 2.90. The summed E-state index contributed by atoms with van der Waals surface area (Å²) in [5, 5.41) is 5.66. The predicted molar refractivity (Wildman–Crippen MR) is 98.9 cm³/mol. The van der Waals surface area contributed by atoms with Gasteiger partial charge in [0.25, 0.3) is 5.91 Å². The van der Waals surface area contributed by atoms with Gasteiger partial charge in [-0.3, -0.25) is 9.59 Å². The zero-order valence-electron chi connectivity index (χ0n) is 13.7. The van der Waals surface area contributed by atoms with Crippen molar-refractivity contribution in [3.8, 4) is 0 Å². The van der Waals surface area contributed by atoms with E-state index in [-0.39, 0.29) is 11.8 Å². The molecule has 0 atom stereocenters. The number of thioether (sulfide) groups is 1. The van der Waals surface area contributed by atoms with Crippen molar-refractivity contribution in [1.29, 1.82) is 0 Å². The molecule has 2 rings (SSSR count). The molecule has 2 N–H and O–H groups in total. The Kier molecular flexibility index (Phi) is 7.36. The summed E-state index contributed by atoms with van der Waals surface area (Å²) in [4.78, 5) is 22.9. The maximum Gasteiger partial charge on any atom is 0.251 e. The van der Waals surface area contributed by atoms with E-state index in [1.54, 1.807) is 23.9 Å². The Morgan fingerprint density at radius 1 is 0.917 bits per heavy atom. The number of hydrogen-bond donors (Lipinski definition) is 2. The van der Waals surface area contributed by atoms with Crippen molar-refractivity contribution in [2.75, 3.05) is 12.3 Å². The standard InChI is InChI=1S/C19H22N2O2S/c1-15(22)21-13-16-7-9-18(10-8-16)19(23)20-11-12-24-14-17-5-3-2-4-6-17/h2-10H,11-14H2,1H3,(H,20,23)(H,21,22). The van der Waals surface area contributed by atoms with Crippen LogP contribution in [0.1, 0.15) is 28.4 Å². The van der Waals surface area contributed by atoms with Gasteiger partial charge in [0.05, 0.1) is 0 Å². The summed E-state index contributed by atoms with van der Waals surface area (Å²) in [5.74, 6) is 1.70. The molecular weight excluding hydrogens is 320 g/mol. The summed E-state index contributed by atoms with van der Waals surface area (Å²) in [6.45, 7) is 2.61. The first kappa shape index (κ1) is 18.1. The minimum Gasteiger partial charge on any atom is -0.352 e. The highest BCUT2D eigenvalue weighted by atomic mass is 32.2. The van der Waals surface area contributed by atoms with E-state index in [1.807, 2.05) is 30.3 Å². The molecule has 0 saturated carbocycles. The molecule has 0 aliphatic carbocycles. The molecule has 0 spiro atoms. The first-order valence-electron chi connectivity index (χ1n) is 7.88. The van der Waals surface area contributed by atoms with E-state index >= 15 is 0 Å². The minimum absolute atomic E-state index is 0.0650. The van der Waals surface area contributed by atoms with Crippen molar-refractivity contribution in [3.05, 3.63) is 71.3 Å². The molecule has 0 heterocycles. The third kappa shape index (κ3) is 6.46. The monoisotopic (exact) mass is 342 g/mol. The van der Waals surface area contributed by atoms with Crippen molar-refractivity contribution in [3.63, 3.8) is 0 Å². The highest BCUT2D eigenvalue weighted by Gasteiger charge is 2.05. The number of hydrogen-bond acceptors (Lipinski definition) is 3. The topological polar surface area (TPSA) is 58.2 Å². The lowest BCUT2D eigenvalue weighted by atomic mass is 10.1. The van der Waals surface area contributed by atoms with Crippen molar-refractivity contribution < 1.29 is 9.59 Å². The van der Waals surface area contributed by atoms with E-state index < -0.39 is 0 Å². The Labute approximate surface area is 147 Å². The van der Waals surface area contributed by atoms with E-state index in [1.165, 1.54) is 12.5 Å². The molecule has 0 radical (unpaired) electrons. The summed E-state index contributed by atoms with van der Waals surface area (Å²) in [6, 6.07) is 17.6. The Hall–Kier alpha value is -2.27. The lowest BCUT2D eigenvalue weighted by molar-refractivity contribution is -0.119. The predicted octanol–water partition coefficient (Wildman–Crippen LogP) is 2.99. The van der Waals surface area contributed by atoms with Crippen LogP contribution in [0.15, 0.2) is 54.6 Å². The third-order valence-electron chi connectivity index (χ3n) is 3.40. The Morgan fingerprint density at radius 3 is 2.29 bits per heavy atom. The quantitative estimate of drug-likeness (QED) is 0.725. The van der Waals surface area contributed by atoms with Crippen molar-refractivity contribution >= 4 is 23.6 Å². The third-order valence-corrected chi connectivity index (χ3v) is 4.43. The molecule has 4 nitrogen and oxygen atoms in total. The van der Waals surface area contributed by atoms with Gasteiger partial charge in [0.1, 0.15) is 0 Å². The number of rotatable bonds is 8. The molecule has 2 aromatic carbocycles. The van der Waals surface area contributed by atoms with Crippen molar-refractivity contribution in [1.82, 2.24) is 10.6 Å². The average Bonchev–Trinajstić information content (AvgIpc) is 2.61. The second-order valence-electron chi connectivity index (χ2n) is 5.40. The summed E-state index contributed by atoms with van der Waals surface area (Å²) in [7, 11) is 0. The first-order valence-corrected chi connectivity index (χ1v) is 9.04. The van der Waals surface area contributed by atoms with Gasteiger partial charge in [0.2, 0.25) is 5.91 Å². The van der Waals surface area contributed by atoms with Crippen LogP contribution in [-0.4, -0.2) is 24.1 Å². The second kappa shape index (κ2) is 9.78. The molecular formula is C19H22N2O2S. The highest BCUT2D eigenvalue weighted by molar-refractivity contribution is 7.98. The molecule has 0 fully saturated rings. The van der Waals surface area contributed by atoms with Crippen molar-refractivity contribution in [2.45, 2.75) is 19.2 Å².